The summed E-state index contributed by atoms with van der Waals surface area (Å²) in [7, 11) is 0. The van der Waals surface area contributed by atoms with Crippen molar-refractivity contribution in [2.24, 2.45) is 0 Å². The number of rotatable bonds is 3. The van der Waals surface area contributed by atoms with Gasteiger partial charge in [0.05, 0.1) is 16.9 Å². The fourth-order valence-corrected chi connectivity index (χ4v) is 3.46. The van der Waals surface area contributed by atoms with E-state index in [9.17, 15) is 10.1 Å². The van der Waals surface area contributed by atoms with Gasteiger partial charge in [0.1, 0.15) is 11.8 Å². The van der Waals surface area contributed by atoms with Crippen LogP contribution in [-0.4, -0.2) is 49.6 Å². The lowest BCUT2D eigenvalue weighted by Crippen LogP contribution is -2.52. The van der Waals surface area contributed by atoms with Crippen LogP contribution in [0.3, 0.4) is 0 Å². The SMILES string of the molecule is N#Cc1ccccc1N1CCN(CC2Oc3ccccc3NC2=O)CC1. The Morgan fingerprint density at radius 1 is 1.08 bits per heavy atom. The molecule has 0 aliphatic carbocycles. The molecular weight excluding hydrogens is 328 g/mol. The van der Waals surface area contributed by atoms with Crippen LogP contribution in [0.5, 0.6) is 5.75 Å². The first-order valence-corrected chi connectivity index (χ1v) is 8.77. The molecule has 4 rings (SSSR count). The lowest BCUT2D eigenvalue weighted by molar-refractivity contribution is -0.124. The summed E-state index contributed by atoms with van der Waals surface area (Å²) in [5.41, 5.74) is 2.41. The summed E-state index contributed by atoms with van der Waals surface area (Å²) in [4.78, 5) is 16.8. The largest absolute Gasteiger partial charge is 0.477 e. The lowest BCUT2D eigenvalue weighted by atomic mass is 10.1. The number of piperazine rings is 1. The van der Waals surface area contributed by atoms with Crippen molar-refractivity contribution in [2.45, 2.75) is 6.10 Å². The fraction of sp³-hybridized carbons (Fsp3) is 0.300. The van der Waals surface area contributed by atoms with Crippen LogP contribution in [0.25, 0.3) is 0 Å². The van der Waals surface area contributed by atoms with E-state index in [1.807, 2.05) is 48.5 Å². The first-order chi connectivity index (χ1) is 12.7. The molecule has 1 fully saturated rings. The lowest BCUT2D eigenvalue weighted by Gasteiger charge is -2.38. The van der Waals surface area contributed by atoms with Gasteiger partial charge in [0, 0.05) is 32.7 Å². The van der Waals surface area contributed by atoms with Gasteiger partial charge in [0.25, 0.3) is 5.91 Å². The van der Waals surface area contributed by atoms with Crippen molar-refractivity contribution in [1.29, 1.82) is 5.26 Å². The number of nitrogens with zero attached hydrogens (tertiary/aromatic N) is 3. The molecule has 2 aromatic carbocycles. The summed E-state index contributed by atoms with van der Waals surface area (Å²) in [5.74, 6) is 0.625. The van der Waals surface area contributed by atoms with E-state index in [0.717, 1.165) is 43.3 Å². The molecule has 2 aromatic rings. The second-order valence-electron chi connectivity index (χ2n) is 6.51. The second-order valence-corrected chi connectivity index (χ2v) is 6.51. The number of benzene rings is 2. The van der Waals surface area contributed by atoms with Crippen LogP contribution in [0, 0.1) is 11.3 Å². The van der Waals surface area contributed by atoms with Gasteiger partial charge in [-0.05, 0) is 24.3 Å². The van der Waals surface area contributed by atoms with E-state index in [0.29, 0.717) is 12.1 Å². The normalized spacial score (nSPS) is 19.9. The van der Waals surface area contributed by atoms with E-state index in [4.69, 9.17) is 4.74 Å². The number of ether oxygens (including phenoxy) is 1. The first-order valence-electron chi connectivity index (χ1n) is 8.77. The fourth-order valence-electron chi connectivity index (χ4n) is 3.46. The monoisotopic (exact) mass is 348 g/mol. The number of fused-ring (bicyclic) bond motifs is 1. The van der Waals surface area contributed by atoms with Gasteiger partial charge in [-0.2, -0.15) is 5.26 Å². The Labute approximate surface area is 152 Å². The summed E-state index contributed by atoms with van der Waals surface area (Å²) in [5, 5.41) is 12.2. The zero-order valence-corrected chi connectivity index (χ0v) is 14.4. The molecule has 1 saturated heterocycles. The van der Waals surface area contributed by atoms with Gasteiger partial charge in [-0.1, -0.05) is 24.3 Å². The van der Waals surface area contributed by atoms with E-state index >= 15 is 0 Å². The maximum Gasteiger partial charge on any atom is 0.266 e. The zero-order chi connectivity index (χ0) is 17.9. The predicted molar refractivity (Wildman–Crippen MR) is 99.3 cm³/mol. The molecule has 1 unspecified atom stereocenters. The number of hydrogen-bond donors (Lipinski definition) is 1. The minimum atomic E-state index is -0.497. The van der Waals surface area contributed by atoms with Crippen LogP contribution in [0.1, 0.15) is 5.56 Å². The van der Waals surface area contributed by atoms with Crippen molar-refractivity contribution in [3.05, 3.63) is 54.1 Å². The van der Waals surface area contributed by atoms with E-state index in [2.05, 4.69) is 21.2 Å². The van der Waals surface area contributed by atoms with Gasteiger partial charge in [-0.25, -0.2) is 0 Å². The Kier molecular flexibility index (Phi) is 4.46. The van der Waals surface area contributed by atoms with Crippen LogP contribution in [-0.2, 0) is 4.79 Å². The molecule has 0 spiro atoms. The van der Waals surface area contributed by atoms with Crippen molar-refractivity contribution in [1.82, 2.24) is 4.90 Å². The molecule has 6 heteroatoms. The summed E-state index contributed by atoms with van der Waals surface area (Å²) in [6.45, 7) is 3.87. The van der Waals surface area contributed by atoms with Crippen molar-refractivity contribution in [2.75, 3.05) is 42.9 Å². The summed E-state index contributed by atoms with van der Waals surface area (Å²) >= 11 is 0. The van der Waals surface area contributed by atoms with E-state index in [-0.39, 0.29) is 5.91 Å². The van der Waals surface area contributed by atoms with Crippen molar-refractivity contribution in [3.8, 4) is 11.8 Å². The number of amides is 1. The Balaban J connectivity index is 1.37. The van der Waals surface area contributed by atoms with Crippen molar-refractivity contribution >= 4 is 17.3 Å². The maximum absolute atomic E-state index is 12.3. The predicted octanol–water partition coefficient (Wildman–Crippen LogP) is 2.08. The second kappa shape index (κ2) is 7.06. The quantitative estimate of drug-likeness (QED) is 0.920. The highest BCUT2D eigenvalue weighted by Gasteiger charge is 2.30. The van der Waals surface area contributed by atoms with Gasteiger partial charge in [-0.15, -0.1) is 0 Å². The smallest absolute Gasteiger partial charge is 0.266 e. The number of nitrogens with one attached hydrogen (secondary N) is 1. The highest BCUT2D eigenvalue weighted by Crippen LogP contribution is 2.29. The van der Waals surface area contributed by atoms with Crippen LogP contribution in [0.2, 0.25) is 0 Å². The maximum atomic E-state index is 12.3. The van der Waals surface area contributed by atoms with Gasteiger partial charge in [0.2, 0.25) is 0 Å². The molecule has 2 heterocycles. The average Bonchev–Trinajstić information content (AvgIpc) is 2.69. The van der Waals surface area contributed by atoms with Crippen LogP contribution in [0.15, 0.2) is 48.5 Å². The molecule has 0 bridgehead atoms. The molecule has 2 aliphatic heterocycles. The van der Waals surface area contributed by atoms with Gasteiger partial charge >= 0.3 is 0 Å². The zero-order valence-electron chi connectivity index (χ0n) is 14.4. The van der Waals surface area contributed by atoms with E-state index in [1.165, 1.54) is 0 Å². The number of carbonyl (C=O) groups is 1. The summed E-state index contributed by atoms with van der Waals surface area (Å²) < 4.78 is 5.88. The summed E-state index contributed by atoms with van der Waals surface area (Å²) in [6.07, 6.45) is -0.497. The molecule has 1 amide bonds. The molecule has 2 aliphatic rings. The third-order valence-corrected chi connectivity index (χ3v) is 4.87. The first kappa shape index (κ1) is 16.4. The summed E-state index contributed by atoms with van der Waals surface area (Å²) in [6, 6.07) is 17.4. The molecule has 0 saturated carbocycles. The molecule has 0 radical (unpaired) electrons. The Bertz CT molecular complexity index is 853. The van der Waals surface area contributed by atoms with Crippen molar-refractivity contribution in [3.63, 3.8) is 0 Å². The highest BCUT2D eigenvalue weighted by atomic mass is 16.5. The van der Waals surface area contributed by atoms with Gasteiger partial charge in [0.15, 0.2) is 6.10 Å². The third kappa shape index (κ3) is 3.22. The minimum absolute atomic E-state index is 0.0963. The molecule has 1 atom stereocenters. The molecule has 26 heavy (non-hydrogen) atoms. The average molecular weight is 348 g/mol. The van der Waals surface area contributed by atoms with E-state index < -0.39 is 6.10 Å². The van der Waals surface area contributed by atoms with Crippen molar-refractivity contribution < 1.29 is 9.53 Å². The molecule has 6 nitrogen and oxygen atoms in total. The minimum Gasteiger partial charge on any atom is -0.477 e. The van der Waals surface area contributed by atoms with Gasteiger partial charge in [-0.3, -0.25) is 9.69 Å². The Hall–Kier alpha value is -3.04. The topological polar surface area (TPSA) is 68.6 Å². The number of carbonyl (C=O) groups excluding carboxylic acids is 1. The van der Waals surface area contributed by atoms with E-state index in [1.54, 1.807) is 0 Å². The van der Waals surface area contributed by atoms with Crippen LogP contribution >= 0.6 is 0 Å². The Morgan fingerprint density at radius 3 is 2.62 bits per heavy atom. The number of nitriles is 1. The number of anilines is 2. The molecule has 132 valence electrons. The van der Waals surface area contributed by atoms with Gasteiger partial charge < -0.3 is 15.0 Å². The Morgan fingerprint density at radius 2 is 1.81 bits per heavy atom. The highest BCUT2D eigenvalue weighted by molar-refractivity contribution is 5.97. The van der Waals surface area contributed by atoms with Crippen LogP contribution < -0.4 is 15.0 Å². The number of hydrogen-bond acceptors (Lipinski definition) is 5. The number of para-hydroxylation sites is 3. The molecule has 0 aromatic heterocycles. The molecular formula is C20H20N4O2. The van der Waals surface area contributed by atoms with Crippen LogP contribution in [0.4, 0.5) is 11.4 Å². The third-order valence-electron chi connectivity index (χ3n) is 4.87. The molecule has 1 N–H and O–H groups in total. The standard InChI is InChI=1S/C20H20N4O2/c21-13-15-5-1-3-7-17(15)24-11-9-23(10-12-24)14-19-20(25)22-16-6-2-4-8-18(16)26-19/h1-8,19H,9-12,14H2,(H,22,25).